The third kappa shape index (κ3) is 2.83. The summed E-state index contributed by atoms with van der Waals surface area (Å²) in [6, 6.07) is 0.983. The molecule has 0 radical (unpaired) electrons. The van der Waals surface area contributed by atoms with Crippen molar-refractivity contribution in [2.24, 2.45) is 23.2 Å². The maximum absolute atomic E-state index is 12.9. The third-order valence-electron chi connectivity index (χ3n) is 7.19. The minimum absolute atomic E-state index is 0.0514. The number of carboxylic acids is 1. The standard InChI is InChI=1S/C20H29N3O3/c1-3-17(20-9-13-6-14(10-20)8-15(7-13)11-20)22-18(24)12(2)23-16(19(25)26)4-5-21-23/h4-5,12-15,17H,3,6-11H2,1-2H3,(H,22,24)(H,25,26). The Morgan fingerprint density at radius 3 is 2.35 bits per heavy atom. The minimum Gasteiger partial charge on any atom is -0.477 e. The number of aromatic nitrogens is 2. The molecule has 2 atom stereocenters. The molecule has 4 saturated carbocycles. The summed E-state index contributed by atoms with van der Waals surface area (Å²) in [6.45, 7) is 3.88. The van der Waals surface area contributed by atoms with Crippen LogP contribution < -0.4 is 5.32 Å². The van der Waals surface area contributed by atoms with Gasteiger partial charge >= 0.3 is 5.97 Å². The average molecular weight is 359 g/mol. The van der Waals surface area contributed by atoms with Gasteiger partial charge in [0.05, 0.1) is 0 Å². The fourth-order valence-corrected chi connectivity index (χ4v) is 6.49. The number of nitrogens with zero attached hydrogens (tertiary/aromatic N) is 2. The zero-order chi connectivity index (χ0) is 18.5. The van der Waals surface area contributed by atoms with E-state index >= 15 is 0 Å². The summed E-state index contributed by atoms with van der Waals surface area (Å²) in [5, 5.41) is 16.6. The first-order valence-electron chi connectivity index (χ1n) is 9.99. The van der Waals surface area contributed by atoms with E-state index in [1.165, 1.54) is 55.5 Å². The molecule has 1 aromatic heterocycles. The van der Waals surface area contributed by atoms with Crippen molar-refractivity contribution in [2.45, 2.75) is 70.9 Å². The van der Waals surface area contributed by atoms with E-state index in [1.54, 1.807) is 6.92 Å². The smallest absolute Gasteiger partial charge is 0.354 e. The Balaban J connectivity index is 1.51. The first kappa shape index (κ1) is 17.6. The van der Waals surface area contributed by atoms with Gasteiger partial charge in [0.25, 0.3) is 0 Å². The van der Waals surface area contributed by atoms with E-state index < -0.39 is 12.0 Å². The van der Waals surface area contributed by atoms with Gasteiger partial charge in [-0.2, -0.15) is 5.10 Å². The van der Waals surface area contributed by atoms with Gasteiger partial charge in [-0.25, -0.2) is 9.48 Å². The fraction of sp³-hybridized carbons (Fsp3) is 0.750. The van der Waals surface area contributed by atoms with Crippen molar-refractivity contribution in [3.8, 4) is 0 Å². The molecule has 4 fully saturated rings. The highest BCUT2D eigenvalue weighted by Crippen LogP contribution is 2.61. The Hall–Kier alpha value is -1.85. The lowest BCUT2D eigenvalue weighted by molar-refractivity contribution is -0.129. The van der Waals surface area contributed by atoms with Crippen LogP contribution in [0.25, 0.3) is 0 Å². The molecular weight excluding hydrogens is 330 g/mol. The second kappa shape index (κ2) is 6.39. The van der Waals surface area contributed by atoms with E-state index in [9.17, 15) is 14.7 Å². The van der Waals surface area contributed by atoms with Crippen molar-refractivity contribution in [1.82, 2.24) is 15.1 Å². The van der Waals surface area contributed by atoms with Crippen LogP contribution in [0, 0.1) is 23.2 Å². The molecule has 1 aromatic rings. The van der Waals surface area contributed by atoms with Crippen molar-refractivity contribution >= 4 is 11.9 Å². The summed E-state index contributed by atoms with van der Waals surface area (Å²) in [6.07, 6.45) is 10.2. The van der Waals surface area contributed by atoms with Crippen molar-refractivity contribution in [2.75, 3.05) is 0 Å². The molecule has 4 aliphatic carbocycles. The Morgan fingerprint density at radius 1 is 1.27 bits per heavy atom. The van der Waals surface area contributed by atoms with Gasteiger partial charge in [0, 0.05) is 12.2 Å². The lowest BCUT2D eigenvalue weighted by Gasteiger charge is -2.59. The maximum atomic E-state index is 12.9. The number of carboxylic acid groups (broad SMARTS) is 1. The number of amides is 1. The molecule has 0 spiro atoms. The molecule has 26 heavy (non-hydrogen) atoms. The number of carbonyl (C=O) groups is 2. The summed E-state index contributed by atoms with van der Waals surface area (Å²) >= 11 is 0. The molecule has 0 saturated heterocycles. The Morgan fingerprint density at radius 2 is 1.85 bits per heavy atom. The van der Waals surface area contributed by atoms with Crippen LogP contribution in [0.15, 0.2) is 12.3 Å². The molecule has 0 aliphatic heterocycles. The number of hydrogen-bond acceptors (Lipinski definition) is 3. The van der Waals surface area contributed by atoms with Gasteiger partial charge in [-0.1, -0.05) is 6.92 Å². The zero-order valence-corrected chi connectivity index (χ0v) is 15.6. The van der Waals surface area contributed by atoms with E-state index in [0.29, 0.717) is 0 Å². The highest BCUT2D eigenvalue weighted by Gasteiger charge is 2.54. The number of hydrogen-bond donors (Lipinski definition) is 2. The average Bonchev–Trinajstić information content (AvgIpc) is 3.07. The van der Waals surface area contributed by atoms with Crippen LogP contribution in [-0.4, -0.2) is 32.8 Å². The van der Waals surface area contributed by atoms with Gasteiger partial charge in [-0.15, -0.1) is 0 Å². The molecule has 1 heterocycles. The topological polar surface area (TPSA) is 84.2 Å². The number of nitrogens with one attached hydrogen (secondary N) is 1. The van der Waals surface area contributed by atoms with E-state index in [1.807, 2.05) is 0 Å². The quantitative estimate of drug-likeness (QED) is 0.816. The maximum Gasteiger partial charge on any atom is 0.354 e. The molecule has 2 unspecified atom stereocenters. The van der Waals surface area contributed by atoms with Crippen LogP contribution >= 0.6 is 0 Å². The van der Waals surface area contributed by atoms with Crippen LogP contribution in [-0.2, 0) is 4.79 Å². The molecular formula is C20H29N3O3. The summed E-state index contributed by atoms with van der Waals surface area (Å²) < 4.78 is 1.31. The zero-order valence-electron chi connectivity index (χ0n) is 15.6. The summed E-state index contributed by atoms with van der Waals surface area (Å²) in [5.41, 5.74) is 0.300. The molecule has 4 bridgehead atoms. The Kier molecular flexibility index (Phi) is 4.32. The lowest BCUT2D eigenvalue weighted by Crippen LogP contribution is -2.57. The second-order valence-corrected chi connectivity index (χ2v) is 8.89. The molecule has 4 aliphatic rings. The first-order chi connectivity index (χ1) is 12.4. The monoisotopic (exact) mass is 359 g/mol. The molecule has 142 valence electrons. The highest BCUT2D eigenvalue weighted by atomic mass is 16.4. The molecule has 2 N–H and O–H groups in total. The predicted molar refractivity (Wildman–Crippen MR) is 96.7 cm³/mol. The van der Waals surface area contributed by atoms with Gasteiger partial charge in [0.1, 0.15) is 11.7 Å². The van der Waals surface area contributed by atoms with E-state index in [-0.39, 0.29) is 23.1 Å². The molecule has 0 aromatic carbocycles. The SMILES string of the molecule is CCC(NC(=O)C(C)n1nccc1C(=O)O)C12CC3CC(CC(C3)C1)C2. The second-order valence-electron chi connectivity index (χ2n) is 8.89. The lowest BCUT2D eigenvalue weighted by atomic mass is 9.47. The van der Waals surface area contributed by atoms with Gasteiger partial charge in [0.2, 0.25) is 5.91 Å². The third-order valence-corrected chi connectivity index (χ3v) is 7.19. The van der Waals surface area contributed by atoms with Crippen molar-refractivity contribution in [3.63, 3.8) is 0 Å². The van der Waals surface area contributed by atoms with Crippen molar-refractivity contribution < 1.29 is 14.7 Å². The van der Waals surface area contributed by atoms with Crippen molar-refractivity contribution in [1.29, 1.82) is 0 Å². The molecule has 1 amide bonds. The van der Waals surface area contributed by atoms with Gasteiger partial charge < -0.3 is 10.4 Å². The predicted octanol–water partition coefficient (Wildman–Crippen LogP) is 3.25. The van der Waals surface area contributed by atoms with Gasteiger partial charge in [0.15, 0.2) is 0 Å². The largest absolute Gasteiger partial charge is 0.477 e. The number of rotatable bonds is 6. The first-order valence-corrected chi connectivity index (χ1v) is 9.99. The summed E-state index contributed by atoms with van der Waals surface area (Å²) in [4.78, 5) is 24.2. The highest BCUT2D eigenvalue weighted by molar-refractivity contribution is 5.87. The Bertz CT molecular complexity index is 676. The Labute approximate surface area is 154 Å². The van der Waals surface area contributed by atoms with E-state index in [0.717, 1.165) is 24.2 Å². The van der Waals surface area contributed by atoms with Crippen LogP contribution in [0.2, 0.25) is 0 Å². The number of carbonyl (C=O) groups excluding carboxylic acids is 1. The number of aromatic carboxylic acids is 1. The van der Waals surface area contributed by atoms with Crippen LogP contribution in [0.3, 0.4) is 0 Å². The van der Waals surface area contributed by atoms with Crippen molar-refractivity contribution in [3.05, 3.63) is 18.0 Å². The molecule has 6 nitrogen and oxygen atoms in total. The van der Waals surface area contributed by atoms with Crippen LogP contribution in [0.4, 0.5) is 0 Å². The fourth-order valence-electron chi connectivity index (χ4n) is 6.49. The van der Waals surface area contributed by atoms with Gasteiger partial charge in [-0.3, -0.25) is 4.79 Å². The van der Waals surface area contributed by atoms with E-state index in [2.05, 4.69) is 17.3 Å². The van der Waals surface area contributed by atoms with Crippen LogP contribution in [0.5, 0.6) is 0 Å². The minimum atomic E-state index is -1.06. The van der Waals surface area contributed by atoms with E-state index in [4.69, 9.17) is 0 Å². The molecule has 5 rings (SSSR count). The normalized spacial score (nSPS) is 34.5. The summed E-state index contributed by atoms with van der Waals surface area (Å²) in [5.74, 6) is 1.34. The van der Waals surface area contributed by atoms with Gasteiger partial charge in [-0.05, 0) is 81.1 Å². The summed E-state index contributed by atoms with van der Waals surface area (Å²) in [7, 11) is 0. The van der Waals surface area contributed by atoms with Crippen LogP contribution in [0.1, 0.15) is 75.3 Å². The molecule has 6 heteroatoms.